The number of methoxy groups -OCH3 is 1. The van der Waals surface area contributed by atoms with Gasteiger partial charge < -0.3 is 10.1 Å². The molecule has 6 nitrogen and oxygen atoms in total. The molecule has 0 bridgehead atoms. The van der Waals surface area contributed by atoms with Crippen LogP contribution < -0.4 is 14.8 Å². The van der Waals surface area contributed by atoms with Crippen molar-refractivity contribution in [2.45, 2.75) is 56.4 Å². The van der Waals surface area contributed by atoms with Crippen molar-refractivity contribution in [3.05, 3.63) is 59.7 Å². The highest BCUT2D eigenvalue weighted by Crippen LogP contribution is 2.29. The molecule has 0 spiro atoms. The fourth-order valence-corrected chi connectivity index (χ4v) is 5.60. The van der Waals surface area contributed by atoms with Crippen LogP contribution in [0.25, 0.3) is 0 Å². The van der Waals surface area contributed by atoms with Gasteiger partial charge in [0.15, 0.2) is 0 Å². The van der Waals surface area contributed by atoms with E-state index in [0.29, 0.717) is 12.1 Å². The van der Waals surface area contributed by atoms with Gasteiger partial charge in [-0.15, -0.1) is 0 Å². The van der Waals surface area contributed by atoms with Gasteiger partial charge in [0, 0.05) is 18.2 Å². The smallest absolute Gasteiger partial charge is 0.251 e. The average Bonchev–Trinajstić information content (AvgIpc) is 2.78. The van der Waals surface area contributed by atoms with Crippen LogP contribution in [-0.2, 0) is 16.4 Å². The van der Waals surface area contributed by atoms with Gasteiger partial charge in [-0.3, -0.25) is 4.79 Å². The first-order valence-electron chi connectivity index (χ1n) is 10.9. The topological polar surface area (TPSA) is 84.5 Å². The Morgan fingerprint density at radius 3 is 2.55 bits per heavy atom. The van der Waals surface area contributed by atoms with Crippen molar-refractivity contribution in [3.8, 4) is 5.75 Å². The average molecular weight is 445 g/mol. The molecule has 2 aromatic rings. The first kappa shape index (κ1) is 23.3. The summed E-state index contributed by atoms with van der Waals surface area (Å²) in [6, 6.07) is 14.5. The van der Waals surface area contributed by atoms with Crippen molar-refractivity contribution in [3.63, 3.8) is 0 Å². The van der Waals surface area contributed by atoms with Crippen molar-refractivity contribution in [2.75, 3.05) is 13.7 Å². The number of carbonyl (C=O) groups is 1. The minimum absolute atomic E-state index is 0.00436. The van der Waals surface area contributed by atoms with Crippen molar-refractivity contribution in [1.29, 1.82) is 0 Å². The monoisotopic (exact) mass is 444 g/mol. The second-order valence-corrected chi connectivity index (χ2v) is 9.88. The summed E-state index contributed by atoms with van der Waals surface area (Å²) in [5, 5.41) is 2.88. The zero-order valence-corrected chi connectivity index (χ0v) is 19.1. The first-order valence-corrected chi connectivity index (χ1v) is 12.4. The SMILES string of the molecule is COc1ccc(C(=O)NCCCc2ccccc2)cc1S(=O)(=O)NC1CCCCC1C. The Hall–Kier alpha value is -2.38. The molecule has 0 aromatic heterocycles. The molecule has 1 saturated carbocycles. The van der Waals surface area contributed by atoms with Gasteiger partial charge in [-0.05, 0) is 55.4 Å². The normalized spacial score (nSPS) is 19.0. The van der Waals surface area contributed by atoms with Crippen LogP contribution in [0.4, 0.5) is 0 Å². The van der Waals surface area contributed by atoms with Gasteiger partial charge in [0.05, 0.1) is 7.11 Å². The van der Waals surface area contributed by atoms with Crippen molar-refractivity contribution >= 4 is 15.9 Å². The summed E-state index contributed by atoms with van der Waals surface area (Å²) in [5.41, 5.74) is 1.52. The van der Waals surface area contributed by atoms with Crippen LogP contribution in [0, 0.1) is 5.92 Å². The molecular formula is C24H32N2O4S. The molecule has 2 N–H and O–H groups in total. The van der Waals surface area contributed by atoms with E-state index in [1.54, 1.807) is 6.07 Å². The molecule has 1 fully saturated rings. The van der Waals surface area contributed by atoms with Crippen molar-refractivity contribution in [2.24, 2.45) is 5.92 Å². The summed E-state index contributed by atoms with van der Waals surface area (Å²) in [6.45, 7) is 2.59. The Morgan fingerprint density at radius 1 is 1.10 bits per heavy atom. The maximum Gasteiger partial charge on any atom is 0.251 e. The van der Waals surface area contributed by atoms with Crippen LogP contribution in [0.1, 0.15) is 54.9 Å². The second-order valence-electron chi connectivity index (χ2n) is 8.20. The molecule has 3 rings (SSSR count). The summed E-state index contributed by atoms with van der Waals surface area (Å²) >= 11 is 0. The fraction of sp³-hybridized carbons (Fsp3) is 0.458. The zero-order valence-electron chi connectivity index (χ0n) is 18.3. The molecule has 1 amide bonds. The van der Waals surface area contributed by atoms with Gasteiger partial charge in [0.25, 0.3) is 5.91 Å². The maximum atomic E-state index is 13.1. The van der Waals surface area contributed by atoms with Crippen LogP contribution in [0.3, 0.4) is 0 Å². The molecule has 0 saturated heterocycles. The molecule has 0 aliphatic heterocycles. The molecule has 1 aliphatic carbocycles. The van der Waals surface area contributed by atoms with E-state index in [0.717, 1.165) is 38.5 Å². The van der Waals surface area contributed by atoms with Crippen LogP contribution in [0.2, 0.25) is 0 Å². The molecule has 0 radical (unpaired) electrons. The minimum atomic E-state index is -3.81. The molecule has 7 heteroatoms. The van der Waals surface area contributed by atoms with Gasteiger partial charge in [-0.2, -0.15) is 0 Å². The standard InChI is InChI=1S/C24H32N2O4S/c1-18-9-6-7-13-21(18)26-31(28,29)23-17-20(14-15-22(23)30-2)24(27)25-16-8-12-19-10-4-3-5-11-19/h3-5,10-11,14-15,17-18,21,26H,6-9,12-13,16H2,1-2H3,(H,25,27). The fourth-order valence-electron chi connectivity index (χ4n) is 4.02. The number of ether oxygens (including phenoxy) is 1. The predicted molar refractivity (Wildman–Crippen MR) is 122 cm³/mol. The van der Waals surface area contributed by atoms with E-state index in [1.165, 1.54) is 24.8 Å². The Bertz CT molecular complexity index is 976. The third-order valence-electron chi connectivity index (χ3n) is 5.90. The summed E-state index contributed by atoms with van der Waals surface area (Å²) in [6.07, 6.45) is 5.65. The van der Waals surface area contributed by atoms with Crippen molar-refractivity contribution in [1.82, 2.24) is 10.0 Å². The van der Waals surface area contributed by atoms with Gasteiger partial charge in [-0.1, -0.05) is 50.1 Å². The highest BCUT2D eigenvalue weighted by Gasteiger charge is 2.29. The minimum Gasteiger partial charge on any atom is -0.495 e. The number of carbonyl (C=O) groups excluding carboxylic acids is 1. The summed E-state index contributed by atoms with van der Waals surface area (Å²) in [7, 11) is -2.38. The van der Waals surface area contributed by atoms with Crippen LogP contribution >= 0.6 is 0 Å². The van der Waals surface area contributed by atoms with E-state index in [1.807, 2.05) is 18.2 Å². The number of rotatable bonds is 9. The Balaban J connectivity index is 1.66. The quantitative estimate of drug-likeness (QED) is 0.574. The lowest BCUT2D eigenvalue weighted by Crippen LogP contribution is -2.41. The van der Waals surface area contributed by atoms with Gasteiger partial charge in [0.1, 0.15) is 10.6 Å². The van der Waals surface area contributed by atoms with E-state index in [9.17, 15) is 13.2 Å². The molecule has 168 valence electrons. The lowest BCUT2D eigenvalue weighted by Gasteiger charge is -2.29. The van der Waals surface area contributed by atoms with E-state index in [2.05, 4.69) is 29.1 Å². The highest BCUT2D eigenvalue weighted by atomic mass is 32.2. The Morgan fingerprint density at radius 2 is 1.84 bits per heavy atom. The largest absolute Gasteiger partial charge is 0.495 e. The second kappa shape index (κ2) is 10.8. The number of benzene rings is 2. The third kappa shape index (κ3) is 6.31. The first-order chi connectivity index (χ1) is 14.9. The number of aryl methyl sites for hydroxylation is 1. The number of amides is 1. The lowest BCUT2D eigenvalue weighted by molar-refractivity contribution is 0.0953. The van der Waals surface area contributed by atoms with Gasteiger partial charge in [-0.25, -0.2) is 13.1 Å². The molecule has 0 heterocycles. The van der Waals surface area contributed by atoms with Crippen molar-refractivity contribution < 1.29 is 17.9 Å². The molecule has 2 unspecified atom stereocenters. The zero-order chi connectivity index (χ0) is 22.3. The number of hydrogen-bond acceptors (Lipinski definition) is 4. The molecule has 1 aliphatic rings. The number of sulfonamides is 1. The molecule has 2 aromatic carbocycles. The number of hydrogen-bond donors (Lipinski definition) is 2. The molecule has 31 heavy (non-hydrogen) atoms. The summed E-state index contributed by atoms with van der Waals surface area (Å²) in [4.78, 5) is 12.6. The van der Waals surface area contributed by atoms with Crippen LogP contribution in [-0.4, -0.2) is 34.0 Å². The summed E-state index contributed by atoms with van der Waals surface area (Å²) in [5.74, 6) is 0.223. The predicted octanol–water partition coefficient (Wildman–Crippen LogP) is 3.91. The Kier molecular flexibility index (Phi) is 8.09. The van der Waals surface area contributed by atoms with E-state index in [4.69, 9.17) is 4.74 Å². The van der Waals surface area contributed by atoms with E-state index < -0.39 is 10.0 Å². The molecular weight excluding hydrogens is 412 g/mol. The van der Waals surface area contributed by atoms with E-state index in [-0.39, 0.29) is 28.5 Å². The van der Waals surface area contributed by atoms with Crippen LogP contribution in [0.5, 0.6) is 5.75 Å². The van der Waals surface area contributed by atoms with Gasteiger partial charge >= 0.3 is 0 Å². The lowest BCUT2D eigenvalue weighted by atomic mass is 9.87. The van der Waals surface area contributed by atoms with Gasteiger partial charge in [0.2, 0.25) is 10.0 Å². The number of nitrogens with one attached hydrogen (secondary N) is 2. The van der Waals surface area contributed by atoms with Crippen LogP contribution in [0.15, 0.2) is 53.4 Å². The highest BCUT2D eigenvalue weighted by molar-refractivity contribution is 7.89. The Labute approximate surface area is 185 Å². The maximum absolute atomic E-state index is 13.1. The van der Waals surface area contributed by atoms with E-state index >= 15 is 0 Å². The molecule has 2 atom stereocenters. The third-order valence-corrected chi connectivity index (χ3v) is 7.42. The summed E-state index contributed by atoms with van der Waals surface area (Å²) < 4.78 is 34.3.